The van der Waals surface area contributed by atoms with E-state index >= 15 is 0 Å². The van der Waals surface area contributed by atoms with E-state index in [2.05, 4.69) is 120 Å². The average Bonchev–Trinajstić information content (AvgIpc) is 3.95. The van der Waals surface area contributed by atoms with Crippen LogP contribution in [0.5, 0.6) is 0 Å². The molecule has 10 rings (SSSR count). The van der Waals surface area contributed by atoms with Gasteiger partial charge in [0, 0.05) is 34.8 Å². The molecule has 0 fully saturated rings. The summed E-state index contributed by atoms with van der Waals surface area (Å²) < 4.78 is 30.4. The molecule has 7 aromatic carbocycles. The molecular formula is C55H40F2IrN5. The molecule has 0 aliphatic carbocycles. The number of hydrogen-bond donors (Lipinski definition) is 0. The molecule has 0 bridgehead atoms. The van der Waals surface area contributed by atoms with E-state index in [4.69, 9.17) is 0 Å². The minimum atomic E-state index is -0.689. The van der Waals surface area contributed by atoms with E-state index in [1.165, 1.54) is 22.3 Å². The van der Waals surface area contributed by atoms with Gasteiger partial charge in [0.25, 0.3) is 0 Å². The summed E-state index contributed by atoms with van der Waals surface area (Å²) in [6, 6.07) is 70.4. The minimum absolute atomic E-state index is 0. The number of hydrogen-bond acceptors (Lipinski definition) is 3. The Morgan fingerprint density at radius 1 is 0.492 bits per heavy atom. The second-order valence-electron chi connectivity index (χ2n) is 14.3. The number of aryl methyl sites for hydroxylation is 1. The van der Waals surface area contributed by atoms with Crippen LogP contribution in [0.25, 0.3) is 67.1 Å². The van der Waals surface area contributed by atoms with E-state index < -0.39 is 11.6 Å². The third-order valence-electron chi connectivity index (χ3n) is 10.1. The zero-order valence-electron chi connectivity index (χ0n) is 34.5. The van der Waals surface area contributed by atoms with Crippen LogP contribution >= 0.6 is 0 Å². The van der Waals surface area contributed by atoms with Crippen molar-refractivity contribution in [3.8, 4) is 67.1 Å². The molecule has 0 unspecified atom stereocenters. The molecule has 0 amide bonds. The normalized spacial score (nSPS) is 10.4. The fourth-order valence-corrected chi connectivity index (χ4v) is 7.06. The van der Waals surface area contributed by atoms with Gasteiger partial charge < -0.3 is 0 Å². The van der Waals surface area contributed by atoms with Gasteiger partial charge in [-0.2, -0.15) is 58.7 Å². The Kier molecular flexibility index (Phi) is 14.5. The molecule has 0 N–H and O–H groups in total. The fraction of sp³-hybridized carbons (Fsp3) is 0.0364. The number of aromatic nitrogens is 5. The number of halogens is 2. The van der Waals surface area contributed by atoms with Crippen LogP contribution in [0.4, 0.5) is 8.78 Å². The van der Waals surface area contributed by atoms with Crippen LogP contribution in [-0.4, -0.2) is 24.5 Å². The number of para-hydroxylation sites is 2. The second kappa shape index (κ2) is 20.9. The summed E-state index contributed by atoms with van der Waals surface area (Å²) >= 11 is 0. The first-order valence-corrected chi connectivity index (χ1v) is 20.1. The molecule has 0 saturated heterocycles. The van der Waals surface area contributed by atoms with Crippen molar-refractivity contribution in [2.24, 2.45) is 0 Å². The van der Waals surface area contributed by atoms with Gasteiger partial charge in [0.1, 0.15) is 11.6 Å². The summed E-state index contributed by atoms with van der Waals surface area (Å²) in [7, 11) is 0. The summed E-state index contributed by atoms with van der Waals surface area (Å²) in [5, 5.41) is 9.07. The summed E-state index contributed by atoms with van der Waals surface area (Å²) in [6.07, 6.45) is 4.92. The van der Waals surface area contributed by atoms with E-state index in [1.54, 1.807) is 12.1 Å². The van der Waals surface area contributed by atoms with E-state index in [9.17, 15) is 8.78 Å². The molecule has 3 heterocycles. The quantitative estimate of drug-likeness (QED) is 0.150. The molecule has 8 heteroatoms. The smallest absolute Gasteiger partial charge is 0.299 e. The van der Waals surface area contributed by atoms with Gasteiger partial charge in [-0.1, -0.05) is 115 Å². The maximum absolute atomic E-state index is 13.7. The van der Waals surface area contributed by atoms with Crippen molar-refractivity contribution in [1.29, 1.82) is 0 Å². The summed E-state index contributed by atoms with van der Waals surface area (Å²) in [5.74, 6) is -1.38. The van der Waals surface area contributed by atoms with Gasteiger partial charge >= 0.3 is 20.1 Å². The van der Waals surface area contributed by atoms with Crippen molar-refractivity contribution < 1.29 is 28.9 Å². The van der Waals surface area contributed by atoms with Crippen molar-refractivity contribution >= 4 is 0 Å². The maximum atomic E-state index is 13.7. The van der Waals surface area contributed by atoms with Crippen LogP contribution in [0, 0.1) is 43.7 Å². The van der Waals surface area contributed by atoms with Gasteiger partial charge in [-0.15, -0.1) is 47.5 Å². The van der Waals surface area contributed by atoms with Crippen molar-refractivity contribution in [3.05, 3.63) is 248 Å². The molecule has 3 aromatic heterocycles. The predicted octanol–water partition coefficient (Wildman–Crippen LogP) is 13.5. The Morgan fingerprint density at radius 2 is 1.03 bits per heavy atom. The summed E-state index contributed by atoms with van der Waals surface area (Å²) in [4.78, 5) is 3.80. The van der Waals surface area contributed by atoms with Gasteiger partial charge in [0.05, 0.1) is 18.1 Å². The molecular weight excluding hydrogens is 961 g/mol. The van der Waals surface area contributed by atoms with Gasteiger partial charge in [0.15, 0.2) is 0 Å². The Morgan fingerprint density at radius 3 is 1.62 bits per heavy atom. The van der Waals surface area contributed by atoms with E-state index in [0.717, 1.165) is 57.3 Å². The minimum Gasteiger partial charge on any atom is -0.299 e. The molecule has 5 nitrogen and oxygen atoms in total. The number of benzene rings is 7. The zero-order chi connectivity index (χ0) is 42.7. The first-order chi connectivity index (χ1) is 30.4. The first-order valence-electron chi connectivity index (χ1n) is 20.1. The predicted molar refractivity (Wildman–Crippen MR) is 244 cm³/mol. The molecule has 0 spiro atoms. The second-order valence-corrected chi connectivity index (χ2v) is 14.3. The van der Waals surface area contributed by atoms with E-state index in [-0.39, 0.29) is 25.8 Å². The molecule has 0 radical (unpaired) electrons. The van der Waals surface area contributed by atoms with Crippen LogP contribution in [-0.2, 0) is 20.1 Å². The first kappa shape index (κ1) is 43.7. The van der Waals surface area contributed by atoms with Crippen LogP contribution in [0.1, 0.15) is 11.4 Å². The molecule has 308 valence electrons. The van der Waals surface area contributed by atoms with Crippen molar-refractivity contribution in [3.63, 3.8) is 0 Å². The van der Waals surface area contributed by atoms with Gasteiger partial charge in [-0.05, 0) is 53.0 Å². The van der Waals surface area contributed by atoms with Crippen LogP contribution < -0.4 is 0 Å². The van der Waals surface area contributed by atoms with Crippen LogP contribution in [0.2, 0.25) is 0 Å². The largest absolute Gasteiger partial charge is 3.00 e. The monoisotopic (exact) mass is 1000 g/mol. The van der Waals surface area contributed by atoms with Crippen LogP contribution in [0.3, 0.4) is 0 Å². The van der Waals surface area contributed by atoms with Crippen LogP contribution in [0.15, 0.2) is 207 Å². The maximum Gasteiger partial charge on any atom is 3.00 e. The molecule has 0 atom stereocenters. The molecule has 63 heavy (non-hydrogen) atoms. The third kappa shape index (κ3) is 10.7. The van der Waals surface area contributed by atoms with Crippen molar-refractivity contribution in [1.82, 2.24) is 24.5 Å². The topological polar surface area (TPSA) is 48.5 Å². The standard InChI is InChI=1S/C21H15N2.C17H10F2N.C17H15N2.Ir/c1-3-7-17(8-4-1)18-11-13-19(14-12-18)20-15-22-23(16-20)21-9-5-2-6-10-21;18-15-10-16(19)17(20-11-15)14-8-4-7-13(9-14)12-5-2-1-3-6-12;1-13-17(15-9-5-3-6-10-15)14(2)19(18-13)16-11-7-4-8-12-16;/h1-9,11-16H;1-7,9-11H;3-11H,1-2H3;/q3*-1;+3. The summed E-state index contributed by atoms with van der Waals surface area (Å²) in [6.45, 7) is 4.15. The summed E-state index contributed by atoms with van der Waals surface area (Å²) in [5.41, 5.74) is 13.8. The Bertz CT molecular complexity index is 2970. The SMILES string of the molecule is Cc1nn(-c2[c-]cccc2)c(C)c1-c1ccccc1.Fc1cnc(-c2[c-]ccc(-c3ccccc3)c2)c(F)c1.[Ir+3].[c-]1ccccc1-n1cc(-c2ccc(-c3ccccc3)cc2)cn1. The number of pyridine rings is 1. The van der Waals surface area contributed by atoms with Gasteiger partial charge in [-0.3, -0.25) is 14.3 Å². The Hall–Kier alpha value is -7.38. The Balaban J connectivity index is 0.000000141. The third-order valence-corrected chi connectivity index (χ3v) is 10.1. The molecule has 0 aliphatic rings. The number of nitrogens with zero attached hydrogens (tertiary/aromatic N) is 5. The van der Waals surface area contributed by atoms with Gasteiger partial charge in [-0.25, -0.2) is 8.78 Å². The fourth-order valence-electron chi connectivity index (χ4n) is 7.06. The zero-order valence-corrected chi connectivity index (χ0v) is 36.9. The van der Waals surface area contributed by atoms with Crippen molar-refractivity contribution in [2.45, 2.75) is 13.8 Å². The van der Waals surface area contributed by atoms with Gasteiger partial charge in [0.2, 0.25) is 0 Å². The van der Waals surface area contributed by atoms with E-state index in [1.807, 2.05) is 119 Å². The average molecular weight is 1000 g/mol. The number of rotatable bonds is 7. The Labute approximate surface area is 380 Å². The van der Waals surface area contributed by atoms with Crippen molar-refractivity contribution in [2.75, 3.05) is 0 Å². The van der Waals surface area contributed by atoms with E-state index in [0.29, 0.717) is 5.56 Å². The molecule has 0 saturated carbocycles. The molecule has 0 aliphatic heterocycles. The molecule has 10 aromatic rings.